The Balaban J connectivity index is 2.02. The molecule has 2 N–H and O–H groups in total. The molecule has 2 aromatic carbocycles. The Morgan fingerprint density at radius 3 is 2.75 bits per heavy atom. The van der Waals surface area contributed by atoms with Crippen molar-refractivity contribution in [2.24, 2.45) is 4.99 Å². The van der Waals surface area contributed by atoms with Crippen LogP contribution < -0.4 is 10.1 Å². The van der Waals surface area contributed by atoms with Gasteiger partial charge < -0.3 is 10.1 Å². The van der Waals surface area contributed by atoms with Crippen molar-refractivity contribution in [2.45, 2.75) is 6.92 Å². The molecule has 0 unspecified atom stereocenters. The van der Waals surface area contributed by atoms with E-state index in [9.17, 15) is 0 Å². The normalized spacial score (nSPS) is 12.5. The molecule has 1 aromatic heterocycles. The lowest BCUT2D eigenvalue weighted by Crippen LogP contribution is -2.07. The number of methoxy groups -OCH3 is 1. The molecular weight excluding hydrogens is 324 g/mol. The standard InChI is InChI=1S/C18H15ClN4O/c1-10-7-12-14(8-16(10)24-2)22-18-15(9-20-23-18)21-17(12)11-5-3-4-6-13(11)19/h3-9H,1-2H3,(H2,20,22,23). The highest BCUT2D eigenvalue weighted by molar-refractivity contribution is 6.36. The maximum Gasteiger partial charge on any atom is 0.178 e. The van der Waals surface area contributed by atoms with E-state index >= 15 is 0 Å². The van der Waals surface area contributed by atoms with E-state index in [0.29, 0.717) is 10.8 Å². The fraction of sp³-hybridized carbons (Fsp3) is 0.111. The summed E-state index contributed by atoms with van der Waals surface area (Å²) in [6.45, 7) is 2.01. The van der Waals surface area contributed by atoms with Crippen molar-refractivity contribution in [3.63, 3.8) is 0 Å². The van der Waals surface area contributed by atoms with Crippen molar-refractivity contribution in [1.29, 1.82) is 0 Å². The van der Waals surface area contributed by atoms with Gasteiger partial charge in [-0.15, -0.1) is 0 Å². The molecule has 0 saturated carbocycles. The number of hydrogen-bond donors (Lipinski definition) is 2. The largest absolute Gasteiger partial charge is 0.496 e. The number of aromatic nitrogens is 2. The van der Waals surface area contributed by atoms with E-state index in [-0.39, 0.29) is 0 Å². The molecule has 0 spiro atoms. The summed E-state index contributed by atoms with van der Waals surface area (Å²) >= 11 is 6.43. The Hall–Kier alpha value is -2.79. The van der Waals surface area contributed by atoms with E-state index in [0.717, 1.165) is 39.5 Å². The molecule has 0 fully saturated rings. The molecule has 0 atom stereocenters. The summed E-state index contributed by atoms with van der Waals surface area (Å²) in [6.07, 6.45) is 1.76. The molecule has 4 rings (SSSR count). The predicted molar refractivity (Wildman–Crippen MR) is 96.4 cm³/mol. The zero-order valence-electron chi connectivity index (χ0n) is 13.2. The Kier molecular flexibility index (Phi) is 3.50. The van der Waals surface area contributed by atoms with E-state index in [1.165, 1.54) is 0 Å². The molecule has 0 bridgehead atoms. The number of rotatable bonds is 2. The highest BCUT2D eigenvalue weighted by Gasteiger charge is 2.22. The van der Waals surface area contributed by atoms with Gasteiger partial charge in [0.25, 0.3) is 0 Å². The molecule has 1 aliphatic rings. The van der Waals surface area contributed by atoms with Crippen LogP contribution in [-0.4, -0.2) is 23.0 Å². The maximum atomic E-state index is 6.43. The molecule has 24 heavy (non-hydrogen) atoms. The number of fused-ring (bicyclic) bond motifs is 2. The number of aliphatic imine (C=N–C) groups is 1. The van der Waals surface area contributed by atoms with Crippen LogP contribution in [0, 0.1) is 6.92 Å². The molecule has 0 amide bonds. The fourth-order valence-corrected chi connectivity index (χ4v) is 3.06. The van der Waals surface area contributed by atoms with Crippen molar-refractivity contribution in [3.05, 3.63) is 64.3 Å². The van der Waals surface area contributed by atoms with Gasteiger partial charge in [0.05, 0.1) is 18.5 Å². The SMILES string of the molecule is COc1cc2c(cc1C)C(c1ccccc1Cl)=Nc1c[nH]nc1N2. The minimum absolute atomic E-state index is 0.655. The van der Waals surface area contributed by atoms with E-state index in [4.69, 9.17) is 21.3 Å². The van der Waals surface area contributed by atoms with Crippen molar-refractivity contribution in [2.75, 3.05) is 12.4 Å². The van der Waals surface area contributed by atoms with Gasteiger partial charge in [0.2, 0.25) is 0 Å². The summed E-state index contributed by atoms with van der Waals surface area (Å²) in [4.78, 5) is 4.80. The smallest absolute Gasteiger partial charge is 0.178 e. The van der Waals surface area contributed by atoms with Crippen LogP contribution in [0.5, 0.6) is 5.75 Å². The van der Waals surface area contributed by atoms with Gasteiger partial charge in [-0.05, 0) is 24.6 Å². The Morgan fingerprint density at radius 2 is 1.96 bits per heavy atom. The van der Waals surface area contributed by atoms with Gasteiger partial charge in [0.15, 0.2) is 5.82 Å². The number of nitrogens with one attached hydrogen (secondary N) is 2. The lowest BCUT2D eigenvalue weighted by molar-refractivity contribution is 0.412. The maximum absolute atomic E-state index is 6.43. The Labute approximate surface area is 144 Å². The average Bonchev–Trinajstić information content (AvgIpc) is 2.96. The minimum Gasteiger partial charge on any atom is -0.496 e. The topological polar surface area (TPSA) is 62.3 Å². The van der Waals surface area contributed by atoms with E-state index in [1.54, 1.807) is 13.3 Å². The summed E-state index contributed by atoms with van der Waals surface area (Å²) in [7, 11) is 1.66. The number of halogens is 1. The summed E-state index contributed by atoms with van der Waals surface area (Å²) in [6, 6.07) is 11.7. The highest BCUT2D eigenvalue weighted by atomic mass is 35.5. The van der Waals surface area contributed by atoms with Crippen molar-refractivity contribution >= 4 is 34.5 Å². The zero-order valence-corrected chi connectivity index (χ0v) is 14.0. The van der Waals surface area contributed by atoms with Crippen LogP contribution in [0.2, 0.25) is 5.02 Å². The molecule has 0 aliphatic carbocycles. The third-order valence-corrected chi connectivity index (χ3v) is 4.35. The fourth-order valence-electron chi connectivity index (χ4n) is 2.83. The van der Waals surface area contributed by atoms with Gasteiger partial charge in [0, 0.05) is 28.4 Å². The number of hydrogen-bond acceptors (Lipinski definition) is 4. The van der Waals surface area contributed by atoms with Gasteiger partial charge in [-0.1, -0.05) is 29.8 Å². The summed E-state index contributed by atoms with van der Waals surface area (Å²) in [5.41, 5.74) is 5.27. The van der Waals surface area contributed by atoms with Gasteiger partial charge in [0.1, 0.15) is 11.4 Å². The quantitative estimate of drug-likeness (QED) is 0.561. The number of benzene rings is 2. The molecule has 120 valence electrons. The van der Waals surface area contributed by atoms with Gasteiger partial charge in [-0.3, -0.25) is 5.10 Å². The van der Waals surface area contributed by atoms with Crippen molar-refractivity contribution in [1.82, 2.24) is 10.2 Å². The summed E-state index contributed by atoms with van der Waals surface area (Å²) < 4.78 is 5.45. The molecule has 3 aromatic rings. The zero-order chi connectivity index (χ0) is 16.7. The predicted octanol–water partition coefficient (Wildman–Crippen LogP) is 4.61. The first-order valence-electron chi connectivity index (χ1n) is 7.51. The number of aromatic amines is 1. The van der Waals surface area contributed by atoms with Crippen LogP contribution in [0.25, 0.3) is 0 Å². The van der Waals surface area contributed by atoms with Crippen LogP contribution in [-0.2, 0) is 0 Å². The lowest BCUT2D eigenvalue weighted by atomic mass is 9.98. The molecule has 0 radical (unpaired) electrons. The van der Waals surface area contributed by atoms with Gasteiger partial charge >= 0.3 is 0 Å². The molecule has 5 nitrogen and oxygen atoms in total. The first-order valence-corrected chi connectivity index (χ1v) is 7.88. The van der Waals surface area contributed by atoms with Crippen molar-refractivity contribution in [3.8, 4) is 5.75 Å². The number of aryl methyl sites for hydroxylation is 1. The van der Waals surface area contributed by atoms with Crippen LogP contribution in [0.3, 0.4) is 0 Å². The average molecular weight is 339 g/mol. The number of nitrogens with zero attached hydrogens (tertiary/aromatic N) is 2. The van der Waals surface area contributed by atoms with Crippen LogP contribution in [0.1, 0.15) is 16.7 Å². The van der Waals surface area contributed by atoms with Crippen LogP contribution >= 0.6 is 11.6 Å². The second-order valence-electron chi connectivity index (χ2n) is 5.55. The monoisotopic (exact) mass is 338 g/mol. The van der Waals surface area contributed by atoms with E-state index < -0.39 is 0 Å². The molecule has 6 heteroatoms. The number of ether oxygens (including phenoxy) is 1. The lowest BCUT2D eigenvalue weighted by Gasteiger charge is -2.15. The molecule has 2 heterocycles. The van der Waals surface area contributed by atoms with Gasteiger partial charge in [-0.2, -0.15) is 5.10 Å². The third kappa shape index (κ3) is 2.34. The first kappa shape index (κ1) is 14.8. The van der Waals surface area contributed by atoms with Crippen molar-refractivity contribution < 1.29 is 4.74 Å². The third-order valence-electron chi connectivity index (χ3n) is 4.02. The van der Waals surface area contributed by atoms with Crippen LogP contribution in [0.4, 0.5) is 17.2 Å². The number of anilines is 2. The minimum atomic E-state index is 0.655. The summed E-state index contributed by atoms with van der Waals surface area (Å²) in [5.74, 6) is 1.47. The molecule has 1 aliphatic heterocycles. The van der Waals surface area contributed by atoms with E-state index in [1.807, 2.05) is 37.3 Å². The first-order chi connectivity index (χ1) is 11.7. The Bertz CT molecular complexity index is 961. The second kappa shape index (κ2) is 5.69. The van der Waals surface area contributed by atoms with Gasteiger partial charge in [-0.25, -0.2) is 4.99 Å². The summed E-state index contributed by atoms with van der Waals surface area (Å²) in [5, 5.41) is 11.0. The molecule has 0 saturated heterocycles. The van der Waals surface area contributed by atoms with E-state index in [2.05, 4.69) is 21.6 Å². The second-order valence-corrected chi connectivity index (χ2v) is 5.96. The number of H-pyrrole nitrogens is 1. The highest BCUT2D eigenvalue weighted by Crippen LogP contribution is 2.38. The van der Waals surface area contributed by atoms with Crippen LogP contribution in [0.15, 0.2) is 47.6 Å². The molecular formula is C18H15ClN4O. The Morgan fingerprint density at radius 1 is 1.12 bits per heavy atom.